The zero-order valence-electron chi connectivity index (χ0n) is 12.2. The molecule has 2 aromatic rings. The van der Waals surface area contributed by atoms with Crippen molar-refractivity contribution in [2.45, 2.75) is 19.3 Å². The minimum Gasteiger partial charge on any atom is -0.339 e. The molecule has 0 radical (unpaired) electrons. The molecule has 1 fully saturated rings. The summed E-state index contributed by atoms with van der Waals surface area (Å²) in [5.74, 6) is -2.06. The Kier molecular flexibility index (Phi) is 3.78. The molecule has 2 heterocycles. The summed E-state index contributed by atoms with van der Waals surface area (Å²) in [6, 6.07) is 3.35. The maximum Gasteiger partial charge on any atom is 0.259 e. The average molecular weight is 318 g/mol. The van der Waals surface area contributed by atoms with Crippen LogP contribution in [0.25, 0.3) is 0 Å². The molecule has 0 aliphatic carbocycles. The molecule has 1 aromatic heterocycles. The molecular formula is C15H12F2N4O2. The number of hydrogen-bond donors (Lipinski definition) is 0. The summed E-state index contributed by atoms with van der Waals surface area (Å²) >= 11 is 0. The molecule has 23 heavy (non-hydrogen) atoms. The maximum absolute atomic E-state index is 13.9. The van der Waals surface area contributed by atoms with Gasteiger partial charge in [-0.2, -0.15) is 10.2 Å². The topological polar surface area (TPSA) is 83.0 Å². The number of nitrogens with zero attached hydrogens (tertiary/aromatic N) is 4. The van der Waals surface area contributed by atoms with E-state index in [1.165, 1.54) is 4.90 Å². The summed E-state index contributed by atoms with van der Waals surface area (Å²) in [4.78, 5) is 17.8. The van der Waals surface area contributed by atoms with Gasteiger partial charge in [0.15, 0.2) is 5.82 Å². The van der Waals surface area contributed by atoms with Crippen LogP contribution in [0.1, 0.15) is 40.0 Å². The molecule has 6 nitrogen and oxygen atoms in total. The highest BCUT2D eigenvalue weighted by molar-refractivity contribution is 5.95. The molecule has 0 N–H and O–H groups in total. The van der Waals surface area contributed by atoms with Crippen molar-refractivity contribution in [2.24, 2.45) is 0 Å². The Bertz CT molecular complexity index is 789. The summed E-state index contributed by atoms with van der Waals surface area (Å²) in [5, 5.41) is 12.4. The van der Waals surface area contributed by atoms with Gasteiger partial charge in [-0.05, 0) is 25.5 Å². The van der Waals surface area contributed by atoms with Crippen LogP contribution in [0.5, 0.6) is 0 Å². The number of nitriles is 1. The molecule has 0 unspecified atom stereocenters. The Hall–Kier alpha value is -2.82. The van der Waals surface area contributed by atoms with E-state index in [2.05, 4.69) is 10.1 Å². The Morgan fingerprint density at radius 3 is 2.70 bits per heavy atom. The van der Waals surface area contributed by atoms with E-state index < -0.39 is 23.1 Å². The lowest BCUT2D eigenvalue weighted by Gasteiger charge is -2.16. The van der Waals surface area contributed by atoms with Gasteiger partial charge in [0, 0.05) is 13.1 Å². The summed E-state index contributed by atoms with van der Waals surface area (Å²) < 4.78 is 33.0. The van der Waals surface area contributed by atoms with E-state index in [1.54, 1.807) is 13.0 Å². The van der Waals surface area contributed by atoms with Crippen molar-refractivity contribution < 1.29 is 18.1 Å². The van der Waals surface area contributed by atoms with Crippen LogP contribution in [-0.4, -0.2) is 34.0 Å². The zero-order valence-corrected chi connectivity index (χ0v) is 12.2. The number of amides is 1. The lowest BCUT2D eigenvalue weighted by Crippen LogP contribution is -2.30. The van der Waals surface area contributed by atoms with E-state index >= 15 is 0 Å². The number of carbonyl (C=O) groups excluding carboxylic acids is 1. The van der Waals surface area contributed by atoms with Crippen molar-refractivity contribution in [1.82, 2.24) is 15.0 Å². The van der Waals surface area contributed by atoms with Gasteiger partial charge in [-0.25, -0.2) is 8.78 Å². The van der Waals surface area contributed by atoms with Crippen LogP contribution in [0.4, 0.5) is 8.78 Å². The maximum atomic E-state index is 13.9. The molecule has 1 atom stereocenters. The standard InChI is InChI=1S/C15H12F2N4O2/c1-8-19-14(23-20-8)10-2-3-21(7-10)15(22)13-11(16)4-9(6-18)5-12(13)17/h4-5,10H,2-3,7H2,1H3/t10-/m0/s1. The number of rotatable bonds is 2. The van der Waals surface area contributed by atoms with Gasteiger partial charge in [0.1, 0.15) is 17.2 Å². The molecule has 0 spiro atoms. The Labute approximate surface area is 130 Å². The smallest absolute Gasteiger partial charge is 0.259 e. The van der Waals surface area contributed by atoms with E-state index in [0.717, 1.165) is 12.1 Å². The molecule has 1 aliphatic heterocycles. The third-order valence-corrected chi connectivity index (χ3v) is 3.75. The molecule has 1 amide bonds. The molecule has 1 saturated heterocycles. The number of benzene rings is 1. The SMILES string of the molecule is Cc1noc([C@H]2CCN(C(=O)c3c(F)cc(C#N)cc3F)C2)n1. The van der Waals surface area contributed by atoms with Crippen LogP contribution in [0.3, 0.4) is 0 Å². The normalized spacial score (nSPS) is 17.3. The van der Waals surface area contributed by atoms with E-state index in [0.29, 0.717) is 24.7 Å². The van der Waals surface area contributed by atoms with Gasteiger partial charge in [-0.1, -0.05) is 5.16 Å². The van der Waals surface area contributed by atoms with Crippen molar-refractivity contribution in [3.63, 3.8) is 0 Å². The minimum absolute atomic E-state index is 0.148. The molecule has 0 bridgehead atoms. The number of hydrogen-bond acceptors (Lipinski definition) is 5. The fourth-order valence-corrected chi connectivity index (χ4v) is 2.63. The third kappa shape index (κ3) is 2.77. The second kappa shape index (κ2) is 5.76. The molecule has 3 rings (SSSR count). The van der Waals surface area contributed by atoms with Crippen LogP contribution in [-0.2, 0) is 0 Å². The lowest BCUT2D eigenvalue weighted by molar-refractivity contribution is 0.0780. The highest BCUT2D eigenvalue weighted by Crippen LogP contribution is 2.28. The zero-order chi connectivity index (χ0) is 16.6. The van der Waals surface area contributed by atoms with Crippen LogP contribution < -0.4 is 0 Å². The second-order valence-electron chi connectivity index (χ2n) is 5.34. The second-order valence-corrected chi connectivity index (χ2v) is 5.34. The summed E-state index contributed by atoms with van der Waals surface area (Å²) in [6.45, 7) is 2.27. The highest BCUT2D eigenvalue weighted by atomic mass is 19.1. The first-order valence-electron chi connectivity index (χ1n) is 6.98. The Morgan fingerprint density at radius 1 is 1.43 bits per heavy atom. The van der Waals surface area contributed by atoms with Crippen molar-refractivity contribution >= 4 is 5.91 Å². The summed E-state index contributed by atoms with van der Waals surface area (Å²) in [7, 11) is 0. The quantitative estimate of drug-likeness (QED) is 0.847. The summed E-state index contributed by atoms with van der Waals surface area (Å²) in [6.07, 6.45) is 0.576. The molecule has 0 saturated carbocycles. The number of aryl methyl sites for hydroxylation is 1. The van der Waals surface area contributed by atoms with E-state index in [9.17, 15) is 13.6 Å². The molecular weight excluding hydrogens is 306 g/mol. The van der Waals surface area contributed by atoms with Crippen molar-refractivity contribution in [3.05, 3.63) is 46.6 Å². The third-order valence-electron chi connectivity index (χ3n) is 3.75. The first-order chi connectivity index (χ1) is 11.0. The first-order valence-corrected chi connectivity index (χ1v) is 6.98. The average Bonchev–Trinajstić information content (AvgIpc) is 3.14. The van der Waals surface area contributed by atoms with Gasteiger partial charge in [0.05, 0.1) is 17.6 Å². The predicted molar refractivity (Wildman–Crippen MR) is 73.4 cm³/mol. The predicted octanol–water partition coefficient (Wildman–Crippen LogP) is 2.16. The minimum atomic E-state index is -1.04. The lowest BCUT2D eigenvalue weighted by atomic mass is 10.1. The van der Waals surface area contributed by atoms with Crippen LogP contribution >= 0.6 is 0 Å². The van der Waals surface area contributed by atoms with Crippen molar-refractivity contribution in [2.75, 3.05) is 13.1 Å². The van der Waals surface area contributed by atoms with Gasteiger partial charge in [0.2, 0.25) is 5.89 Å². The van der Waals surface area contributed by atoms with Crippen molar-refractivity contribution in [1.29, 1.82) is 5.26 Å². The van der Waals surface area contributed by atoms with Gasteiger partial charge < -0.3 is 9.42 Å². The van der Waals surface area contributed by atoms with Gasteiger partial charge in [-0.15, -0.1) is 0 Å². The van der Waals surface area contributed by atoms with Crippen LogP contribution in [0, 0.1) is 29.9 Å². The fraction of sp³-hybridized carbons (Fsp3) is 0.333. The number of aromatic nitrogens is 2. The molecule has 1 aliphatic rings. The number of carbonyl (C=O) groups is 1. The highest BCUT2D eigenvalue weighted by Gasteiger charge is 2.33. The first kappa shape index (κ1) is 15.1. The molecule has 8 heteroatoms. The molecule has 1 aromatic carbocycles. The van der Waals surface area contributed by atoms with Gasteiger partial charge >= 0.3 is 0 Å². The largest absolute Gasteiger partial charge is 0.339 e. The summed E-state index contributed by atoms with van der Waals surface area (Å²) in [5.41, 5.74) is -0.816. The van der Waals surface area contributed by atoms with Crippen LogP contribution in [0.2, 0.25) is 0 Å². The number of halogens is 2. The van der Waals surface area contributed by atoms with E-state index in [4.69, 9.17) is 9.78 Å². The van der Waals surface area contributed by atoms with Crippen LogP contribution in [0.15, 0.2) is 16.7 Å². The van der Waals surface area contributed by atoms with Crippen molar-refractivity contribution in [3.8, 4) is 6.07 Å². The monoisotopic (exact) mass is 318 g/mol. The molecule has 118 valence electrons. The van der Waals surface area contributed by atoms with Gasteiger partial charge in [-0.3, -0.25) is 4.79 Å². The Balaban J connectivity index is 1.81. The number of likely N-dealkylation sites (tertiary alicyclic amines) is 1. The van der Waals surface area contributed by atoms with E-state index in [-0.39, 0.29) is 18.0 Å². The fourth-order valence-electron chi connectivity index (χ4n) is 2.63. The van der Waals surface area contributed by atoms with Gasteiger partial charge in [0.25, 0.3) is 5.91 Å². The Morgan fingerprint density at radius 2 is 2.13 bits per heavy atom. The van der Waals surface area contributed by atoms with E-state index in [1.807, 2.05) is 0 Å².